The monoisotopic (exact) mass is 277 g/mol. The molecule has 108 valence electrons. The van der Waals surface area contributed by atoms with Crippen molar-refractivity contribution in [1.29, 1.82) is 0 Å². The molecule has 0 saturated heterocycles. The molecule has 0 aliphatic heterocycles. The summed E-state index contributed by atoms with van der Waals surface area (Å²) in [6, 6.07) is 9.23. The fourth-order valence-electron chi connectivity index (χ4n) is 2.47. The van der Waals surface area contributed by atoms with Gasteiger partial charge in [0.15, 0.2) is 0 Å². The first kappa shape index (κ1) is 14.3. The van der Waals surface area contributed by atoms with E-state index in [9.17, 15) is 9.59 Å². The molecule has 0 spiro atoms. The number of hydrazine groups is 1. The van der Waals surface area contributed by atoms with Gasteiger partial charge in [-0.15, -0.1) is 0 Å². The SMILES string of the molecule is NNC(=O)[C@H]1CCC[C@H]1NC(=O)OCc1ccccc1. The molecule has 0 heterocycles. The standard InChI is InChI=1S/C14H19N3O3/c15-17-13(18)11-7-4-8-12(11)16-14(19)20-9-10-5-2-1-3-6-10/h1-3,5-6,11-12H,4,7-9,15H2,(H,16,19)(H,17,18)/t11-,12+/m0/s1. The van der Waals surface area contributed by atoms with E-state index in [1.807, 2.05) is 30.3 Å². The lowest BCUT2D eigenvalue weighted by molar-refractivity contribution is -0.125. The summed E-state index contributed by atoms with van der Waals surface area (Å²) in [5.41, 5.74) is 3.06. The van der Waals surface area contributed by atoms with Crippen molar-refractivity contribution >= 4 is 12.0 Å². The average Bonchev–Trinajstić information content (AvgIpc) is 2.93. The van der Waals surface area contributed by atoms with Crippen LogP contribution in [0.15, 0.2) is 30.3 Å². The first-order valence-corrected chi connectivity index (χ1v) is 6.68. The van der Waals surface area contributed by atoms with Gasteiger partial charge in [0.05, 0.1) is 5.92 Å². The minimum atomic E-state index is -0.504. The number of alkyl carbamates (subject to hydrolysis) is 1. The first-order chi connectivity index (χ1) is 9.70. The zero-order chi connectivity index (χ0) is 14.4. The Kier molecular flexibility index (Phi) is 4.95. The summed E-state index contributed by atoms with van der Waals surface area (Å²) in [6.07, 6.45) is 1.88. The van der Waals surface area contributed by atoms with Crippen LogP contribution >= 0.6 is 0 Å². The van der Waals surface area contributed by atoms with E-state index in [2.05, 4.69) is 10.7 Å². The molecule has 2 amide bonds. The van der Waals surface area contributed by atoms with Crippen molar-refractivity contribution in [3.63, 3.8) is 0 Å². The molecule has 6 heteroatoms. The molecular weight excluding hydrogens is 258 g/mol. The van der Waals surface area contributed by atoms with Gasteiger partial charge in [0, 0.05) is 6.04 Å². The van der Waals surface area contributed by atoms with Gasteiger partial charge in [0.25, 0.3) is 0 Å². The van der Waals surface area contributed by atoms with Crippen LogP contribution in [0.25, 0.3) is 0 Å². The minimum Gasteiger partial charge on any atom is -0.445 e. The Morgan fingerprint density at radius 1 is 1.25 bits per heavy atom. The van der Waals surface area contributed by atoms with E-state index >= 15 is 0 Å². The smallest absolute Gasteiger partial charge is 0.407 e. The number of nitrogens with one attached hydrogen (secondary N) is 2. The number of amides is 2. The van der Waals surface area contributed by atoms with Crippen LogP contribution in [0, 0.1) is 5.92 Å². The fraction of sp³-hybridized carbons (Fsp3) is 0.429. The van der Waals surface area contributed by atoms with E-state index in [4.69, 9.17) is 10.6 Å². The van der Waals surface area contributed by atoms with Crippen LogP contribution in [-0.4, -0.2) is 18.0 Å². The molecule has 0 bridgehead atoms. The van der Waals surface area contributed by atoms with Gasteiger partial charge in [0.1, 0.15) is 6.61 Å². The normalized spacial score (nSPS) is 21.2. The van der Waals surface area contributed by atoms with Crippen LogP contribution in [-0.2, 0) is 16.1 Å². The third-order valence-corrected chi connectivity index (χ3v) is 3.51. The number of hydrogen-bond donors (Lipinski definition) is 3. The van der Waals surface area contributed by atoms with Gasteiger partial charge < -0.3 is 10.1 Å². The van der Waals surface area contributed by atoms with E-state index in [-0.39, 0.29) is 24.5 Å². The second-order valence-corrected chi connectivity index (χ2v) is 4.86. The zero-order valence-electron chi connectivity index (χ0n) is 11.2. The highest BCUT2D eigenvalue weighted by molar-refractivity contribution is 5.80. The predicted molar refractivity (Wildman–Crippen MR) is 73.2 cm³/mol. The highest BCUT2D eigenvalue weighted by Gasteiger charge is 2.33. The maximum atomic E-state index is 11.7. The quantitative estimate of drug-likeness (QED) is 0.436. The number of carbonyl (C=O) groups excluding carboxylic acids is 2. The molecule has 1 fully saturated rings. The number of benzene rings is 1. The third-order valence-electron chi connectivity index (χ3n) is 3.51. The van der Waals surface area contributed by atoms with Gasteiger partial charge >= 0.3 is 6.09 Å². The number of nitrogens with two attached hydrogens (primary N) is 1. The minimum absolute atomic E-state index is 0.207. The average molecular weight is 277 g/mol. The van der Waals surface area contributed by atoms with Crippen molar-refractivity contribution in [2.75, 3.05) is 0 Å². The number of hydrogen-bond acceptors (Lipinski definition) is 4. The van der Waals surface area contributed by atoms with E-state index in [1.54, 1.807) is 0 Å². The fourth-order valence-corrected chi connectivity index (χ4v) is 2.47. The van der Waals surface area contributed by atoms with Crippen molar-refractivity contribution in [1.82, 2.24) is 10.7 Å². The Bertz CT molecular complexity index is 464. The van der Waals surface area contributed by atoms with Gasteiger partial charge in [-0.3, -0.25) is 10.2 Å². The molecule has 1 aliphatic rings. The van der Waals surface area contributed by atoms with Crippen LogP contribution in [0.1, 0.15) is 24.8 Å². The van der Waals surface area contributed by atoms with Crippen LogP contribution in [0.2, 0.25) is 0 Å². The summed E-state index contributed by atoms with van der Waals surface area (Å²) in [5, 5.41) is 2.74. The number of carbonyl (C=O) groups is 2. The lowest BCUT2D eigenvalue weighted by atomic mass is 10.0. The molecule has 2 rings (SSSR count). The Morgan fingerprint density at radius 3 is 2.70 bits per heavy atom. The van der Waals surface area contributed by atoms with Crippen molar-refractivity contribution < 1.29 is 14.3 Å². The third kappa shape index (κ3) is 3.71. The van der Waals surface area contributed by atoms with Gasteiger partial charge in [0.2, 0.25) is 5.91 Å². The highest BCUT2D eigenvalue weighted by Crippen LogP contribution is 2.25. The lowest BCUT2D eigenvalue weighted by Crippen LogP contribution is -2.45. The van der Waals surface area contributed by atoms with Crippen molar-refractivity contribution in [3.05, 3.63) is 35.9 Å². The molecule has 1 aromatic rings. The van der Waals surface area contributed by atoms with Crippen molar-refractivity contribution in [2.45, 2.75) is 31.9 Å². The van der Waals surface area contributed by atoms with Gasteiger partial charge in [-0.1, -0.05) is 36.8 Å². The Hall–Kier alpha value is -2.08. The molecule has 20 heavy (non-hydrogen) atoms. The van der Waals surface area contributed by atoms with Crippen molar-refractivity contribution in [3.8, 4) is 0 Å². The largest absolute Gasteiger partial charge is 0.445 e. The maximum Gasteiger partial charge on any atom is 0.407 e. The Labute approximate surface area is 117 Å². The predicted octanol–water partition coefficient (Wildman–Crippen LogP) is 1.07. The second kappa shape index (κ2) is 6.91. The van der Waals surface area contributed by atoms with Crippen molar-refractivity contribution in [2.24, 2.45) is 11.8 Å². The molecule has 0 unspecified atom stereocenters. The highest BCUT2D eigenvalue weighted by atomic mass is 16.5. The van der Waals surface area contributed by atoms with E-state index < -0.39 is 6.09 Å². The van der Waals surface area contributed by atoms with E-state index in [0.717, 1.165) is 24.8 Å². The number of rotatable bonds is 4. The number of ether oxygens (including phenoxy) is 1. The second-order valence-electron chi connectivity index (χ2n) is 4.86. The topological polar surface area (TPSA) is 93.5 Å². The van der Waals surface area contributed by atoms with Crippen LogP contribution in [0.4, 0.5) is 4.79 Å². The maximum absolute atomic E-state index is 11.7. The van der Waals surface area contributed by atoms with E-state index in [1.165, 1.54) is 0 Å². The van der Waals surface area contributed by atoms with Gasteiger partial charge in [-0.25, -0.2) is 10.6 Å². The van der Waals surface area contributed by atoms with E-state index in [0.29, 0.717) is 0 Å². The summed E-state index contributed by atoms with van der Waals surface area (Å²) < 4.78 is 5.14. The van der Waals surface area contributed by atoms with Crippen LogP contribution in [0.5, 0.6) is 0 Å². The molecule has 0 radical (unpaired) electrons. The molecule has 1 saturated carbocycles. The molecule has 4 N–H and O–H groups in total. The molecule has 6 nitrogen and oxygen atoms in total. The molecule has 1 aliphatic carbocycles. The summed E-state index contributed by atoms with van der Waals surface area (Å²) in [4.78, 5) is 23.3. The summed E-state index contributed by atoms with van der Waals surface area (Å²) in [5.74, 6) is 4.62. The lowest BCUT2D eigenvalue weighted by Gasteiger charge is -2.19. The molecule has 0 aromatic heterocycles. The summed E-state index contributed by atoms with van der Waals surface area (Å²) in [7, 11) is 0. The molecular formula is C14H19N3O3. The molecule has 1 aromatic carbocycles. The van der Waals surface area contributed by atoms with Gasteiger partial charge in [-0.2, -0.15) is 0 Å². The molecule has 2 atom stereocenters. The summed E-state index contributed by atoms with van der Waals surface area (Å²) in [6.45, 7) is 0.215. The Balaban J connectivity index is 1.80. The summed E-state index contributed by atoms with van der Waals surface area (Å²) >= 11 is 0. The van der Waals surface area contributed by atoms with Crippen LogP contribution < -0.4 is 16.6 Å². The first-order valence-electron chi connectivity index (χ1n) is 6.68. The zero-order valence-corrected chi connectivity index (χ0v) is 11.2. The Morgan fingerprint density at radius 2 is 2.00 bits per heavy atom. The van der Waals surface area contributed by atoms with Gasteiger partial charge in [-0.05, 0) is 18.4 Å². The van der Waals surface area contributed by atoms with Crippen LogP contribution in [0.3, 0.4) is 0 Å².